The van der Waals surface area contributed by atoms with Crippen LogP contribution in [0.4, 0.5) is 16.2 Å². The summed E-state index contributed by atoms with van der Waals surface area (Å²) in [7, 11) is 0. The molecule has 3 aliphatic heterocycles. The van der Waals surface area contributed by atoms with Crippen LogP contribution in [-0.2, 0) is 4.74 Å². The van der Waals surface area contributed by atoms with Crippen LogP contribution in [0.2, 0.25) is 0 Å². The van der Waals surface area contributed by atoms with E-state index in [4.69, 9.17) is 14.7 Å². The van der Waals surface area contributed by atoms with Crippen molar-refractivity contribution in [2.75, 3.05) is 31.1 Å². The van der Waals surface area contributed by atoms with E-state index in [2.05, 4.69) is 51.8 Å². The summed E-state index contributed by atoms with van der Waals surface area (Å²) >= 11 is 3.56. The lowest BCUT2D eigenvalue weighted by molar-refractivity contribution is 0.0188. The molecule has 1 amide bonds. The highest BCUT2D eigenvalue weighted by Crippen LogP contribution is 2.38. The number of carbonyl (C=O) groups is 1. The quantitative estimate of drug-likeness (QED) is 0.554. The smallest absolute Gasteiger partial charge is 0.410 e. The monoisotopic (exact) mass is 473 g/mol. The normalized spacial score (nSPS) is 21.3. The third-order valence-corrected chi connectivity index (χ3v) is 5.88. The first kappa shape index (κ1) is 20.9. The molecule has 1 aromatic carbocycles. The molecule has 7 nitrogen and oxygen atoms in total. The average Bonchev–Trinajstić information content (AvgIpc) is 2.67. The number of hydrogen-bond acceptors (Lipinski definition) is 6. The van der Waals surface area contributed by atoms with Gasteiger partial charge >= 0.3 is 6.09 Å². The van der Waals surface area contributed by atoms with Crippen molar-refractivity contribution in [1.29, 1.82) is 0 Å². The summed E-state index contributed by atoms with van der Waals surface area (Å²) in [6, 6.07) is 6.23. The number of rotatable bonds is 0. The number of piperazine rings is 1. The summed E-state index contributed by atoms with van der Waals surface area (Å²) < 4.78 is 6.51. The van der Waals surface area contributed by atoms with Gasteiger partial charge in [-0.2, -0.15) is 0 Å². The summed E-state index contributed by atoms with van der Waals surface area (Å²) in [5.74, 6) is 1.73. The number of anilines is 1. The highest BCUT2D eigenvalue weighted by Gasteiger charge is 2.34. The molecule has 0 spiro atoms. The Morgan fingerprint density at radius 1 is 1.17 bits per heavy atom. The minimum Gasteiger partial charge on any atom is -0.444 e. The van der Waals surface area contributed by atoms with Gasteiger partial charge in [-0.15, -0.1) is 0 Å². The number of hydrogen-bond donors (Lipinski definition) is 0. The standard InChI is InChI=1S/C22H28BrN5O2/c1-14-13-28-18-7-6-16(23)12-17(18)25-19(20(28)24-15(14)2)26-8-10-27(11-9-26)21(29)30-22(3,4)5/h6-7,12-13,15H,8-11H2,1-5H3. The van der Waals surface area contributed by atoms with Crippen LogP contribution in [-0.4, -0.2) is 65.4 Å². The maximum atomic E-state index is 12.4. The molecule has 1 aromatic rings. The Bertz CT molecular complexity index is 955. The molecule has 3 aliphatic rings. The van der Waals surface area contributed by atoms with Gasteiger partial charge in [0, 0.05) is 36.9 Å². The fourth-order valence-corrected chi connectivity index (χ4v) is 4.01. The van der Waals surface area contributed by atoms with E-state index in [-0.39, 0.29) is 12.1 Å². The molecular formula is C22H28BrN5O2. The van der Waals surface area contributed by atoms with Gasteiger partial charge in [0.15, 0.2) is 11.7 Å². The molecule has 8 heteroatoms. The van der Waals surface area contributed by atoms with E-state index in [9.17, 15) is 4.79 Å². The predicted molar refractivity (Wildman–Crippen MR) is 124 cm³/mol. The summed E-state index contributed by atoms with van der Waals surface area (Å²) in [6.07, 6.45) is 1.90. The lowest BCUT2D eigenvalue weighted by Crippen LogP contribution is -2.55. The zero-order valence-electron chi connectivity index (χ0n) is 18.1. The minimum atomic E-state index is -0.490. The molecule has 4 rings (SSSR count). The minimum absolute atomic E-state index is 0.113. The van der Waals surface area contributed by atoms with Gasteiger partial charge in [-0.25, -0.2) is 9.79 Å². The Balaban J connectivity index is 1.59. The lowest BCUT2D eigenvalue weighted by Gasteiger charge is -2.41. The van der Waals surface area contributed by atoms with Crippen LogP contribution in [0.25, 0.3) is 0 Å². The average molecular weight is 474 g/mol. The number of nitrogens with zero attached hydrogens (tertiary/aromatic N) is 5. The fraction of sp³-hybridized carbons (Fsp3) is 0.500. The van der Waals surface area contributed by atoms with Crippen LogP contribution in [0, 0.1) is 0 Å². The molecular weight excluding hydrogens is 446 g/mol. The van der Waals surface area contributed by atoms with E-state index in [0.717, 1.165) is 27.5 Å². The van der Waals surface area contributed by atoms with Gasteiger partial charge in [0.2, 0.25) is 0 Å². The first-order chi connectivity index (χ1) is 14.1. The summed E-state index contributed by atoms with van der Waals surface area (Å²) in [5.41, 5.74) is 2.66. The molecule has 0 bridgehead atoms. The zero-order valence-corrected chi connectivity index (χ0v) is 19.7. The Labute approximate surface area is 186 Å². The second kappa shape index (κ2) is 7.72. The zero-order chi connectivity index (χ0) is 21.6. The van der Waals surface area contributed by atoms with Crippen molar-refractivity contribution in [3.05, 3.63) is 34.4 Å². The molecule has 3 heterocycles. The molecule has 0 aliphatic carbocycles. The van der Waals surface area contributed by atoms with E-state index in [1.165, 1.54) is 5.57 Å². The van der Waals surface area contributed by atoms with Crippen LogP contribution in [0.5, 0.6) is 0 Å². The molecule has 0 radical (unpaired) electrons. The predicted octanol–water partition coefficient (Wildman–Crippen LogP) is 4.56. The van der Waals surface area contributed by atoms with Gasteiger partial charge < -0.3 is 14.5 Å². The van der Waals surface area contributed by atoms with Crippen molar-refractivity contribution in [2.24, 2.45) is 9.98 Å². The molecule has 0 aromatic heterocycles. The first-order valence-corrected chi connectivity index (χ1v) is 11.1. The number of halogens is 1. The van der Waals surface area contributed by atoms with E-state index in [0.29, 0.717) is 26.2 Å². The lowest BCUT2D eigenvalue weighted by atomic mass is 10.1. The number of ether oxygens (including phenoxy) is 1. The molecule has 0 N–H and O–H groups in total. The van der Waals surface area contributed by atoms with Gasteiger partial charge in [0.1, 0.15) is 5.60 Å². The number of amidine groups is 2. The molecule has 1 unspecified atom stereocenters. The van der Waals surface area contributed by atoms with Crippen LogP contribution in [0.1, 0.15) is 34.6 Å². The van der Waals surface area contributed by atoms with E-state index < -0.39 is 5.60 Å². The Hall–Kier alpha value is -2.35. The summed E-state index contributed by atoms with van der Waals surface area (Å²) in [6.45, 7) is 12.4. The molecule has 1 fully saturated rings. The van der Waals surface area contributed by atoms with Crippen molar-refractivity contribution in [3.63, 3.8) is 0 Å². The van der Waals surface area contributed by atoms with Crippen molar-refractivity contribution in [3.8, 4) is 0 Å². The topological polar surface area (TPSA) is 60.7 Å². The van der Waals surface area contributed by atoms with Gasteiger partial charge in [-0.1, -0.05) is 15.9 Å². The Kier molecular flexibility index (Phi) is 5.38. The maximum absolute atomic E-state index is 12.4. The second-order valence-electron chi connectivity index (χ2n) is 8.89. The molecule has 1 saturated heterocycles. The third-order valence-electron chi connectivity index (χ3n) is 5.39. The van der Waals surface area contributed by atoms with Gasteiger partial charge in [0.25, 0.3) is 0 Å². The van der Waals surface area contributed by atoms with Crippen LogP contribution < -0.4 is 4.90 Å². The largest absolute Gasteiger partial charge is 0.444 e. The van der Waals surface area contributed by atoms with Crippen LogP contribution in [0.3, 0.4) is 0 Å². The van der Waals surface area contributed by atoms with Crippen LogP contribution >= 0.6 is 15.9 Å². The highest BCUT2D eigenvalue weighted by molar-refractivity contribution is 9.10. The molecule has 1 atom stereocenters. The number of amides is 1. The van der Waals surface area contributed by atoms with Crippen molar-refractivity contribution in [1.82, 2.24) is 9.80 Å². The third kappa shape index (κ3) is 4.10. The Morgan fingerprint density at radius 3 is 2.53 bits per heavy atom. The summed E-state index contributed by atoms with van der Waals surface area (Å²) in [5, 5.41) is 0. The summed E-state index contributed by atoms with van der Waals surface area (Å²) in [4.78, 5) is 28.5. The number of aliphatic imine (C=N–C) groups is 2. The molecule has 30 heavy (non-hydrogen) atoms. The number of fused-ring (bicyclic) bond motifs is 3. The molecule has 0 saturated carbocycles. The van der Waals surface area contributed by atoms with Crippen molar-refractivity contribution < 1.29 is 9.53 Å². The second-order valence-corrected chi connectivity index (χ2v) is 9.81. The van der Waals surface area contributed by atoms with Gasteiger partial charge in [-0.3, -0.25) is 9.89 Å². The van der Waals surface area contributed by atoms with E-state index in [1.54, 1.807) is 4.90 Å². The van der Waals surface area contributed by atoms with Crippen molar-refractivity contribution >= 4 is 45.1 Å². The highest BCUT2D eigenvalue weighted by atomic mass is 79.9. The van der Waals surface area contributed by atoms with Crippen molar-refractivity contribution in [2.45, 2.75) is 46.3 Å². The van der Waals surface area contributed by atoms with E-state index in [1.807, 2.05) is 32.9 Å². The Morgan fingerprint density at radius 2 is 1.87 bits per heavy atom. The maximum Gasteiger partial charge on any atom is 0.410 e. The SMILES string of the molecule is CC1=CN2C(=NC1C)C(N1CCN(C(=O)OC(C)(C)C)CC1)=Nc1cc(Br)ccc12. The van der Waals surface area contributed by atoms with Gasteiger partial charge in [-0.05, 0) is 58.4 Å². The van der Waals surface area contributed by atoms with E-state index >= 15 is 0 Å². The molecule has 160 valence electrons. The first-order valence-electron chi connectivity index (χ1n) is 10.3. The fourth-order valence-electron chi connectivity index (χ4n) is 3.66. The number of benzene rings is 1. The van der Waals surface area contributed by atoms with Gasteiger partial charge in [0.05, 0.1) is 17.4 Å². The number of carbonyl (C=O) groups excluding carboxylic acids is 1. The van der Waals surface area contributed by atoms with Crippen LogP contribution in [0.15, 0.2) is 44.4 Å².